The van der Waals surface area contributed by atoms with E-state index in [-0.39, 0.29) is 30.2 Å². The number of hydrogen-bond acceptors (Lipinski definition) is 4. The molecule has 0 bridgehead atoms. The van der Waals surface area contributed by atoms with Crippen molar-refractivity contribution in [1.82, 2.24) is 9.88 Å². The smallest absolute Gasteiger partial charge is 0.270 e. The van der Waals surface area contributed by atoms with Crippen LogP contribution in [0.3, 0.4) is 0 Å². The molecular formula is C16H19N3O4. The molecule has 7 nitrogen and oxygen atoms in total. The number of carbonyl (C=O) groups is 1. The fourth-order valence-corrected chi connectivity index (χ4v) is 3.17. The third-order valence-electron chi connectivity index (χ3n) is 4.61. The molecule has 1 aliphatic rings. The quantitative estimate of drug-likeness (QED) is 0.670. The van der Waals surface area contributed by atoms with E-state index in [0.29, 0.717) is 23.0 Å². The minimum absolute atomic E-state index is 0.0360. The number of aliphatic hydroxyl groups excluding tert-OH is 1. The third-order valence-corrected chi connectivity index (χ3v) is 4.61. The van der Waals surface area contributed by atoms with E-state index in [2.05, 4.69) is 4.98 Å². The van der Waals surface area contributed by atoms with Gasteiger partial charge in [0.25, 0.3) is 11.6 Å². The number of aliphatic hydroxyl groups is 1. The average molecular weight is 317 g/mol. The number of nitrogens with zero attached hydrogens (tertiary/aromatic N) is 2. The van der Waals surface area contributed by atoms with Crippen LogP contribution in [-0.2, 0) is 0 Å². The summed E-state index contributed by atoms with van der Waals surface area (Å²) < 4.78 is 0. The monoisotopic (exact) mass is 317 g/mol. The standard InChI is InChI=1S/C16H19N3O4/c1-10-2-3-11(9-20)8-18(10)16(21)14-7-17-15-5-4-12(19(22)23)6-13(14)15/h4-7,10-11,17,20H,2-3,8-9H2,1H3. The van der Waals surface area contributed by atoms with Gasteiger partial charge in [0, 0.05) is 48.4 Å². The first-order valence-electron chi connectivity index (χ1n) is 7.68. The van der Waals surface area contributed by atoms with Crippen molar-refractivity contribution in [3.63, 3.8) is 0 Å². The van der Waals surface area contributed by atoms with E-state index >= 15 is 0 Å². The number of nitro groups is 1. The Bertz CT molecular complexity index is 755. The first-order chi connectivity index (χ1) is 11.0. The second-order valence-electron chi connectivity index (χ2n) is 6.12. The summed E-state index contributed by atoms with van der Waals surface area (Å²) in [6.07, 6.45) is 3.35. The number of aromatic nitrogens is 1. The van der Waals surface area contributed by atoms with Crippen LogP contribution >= 0.6 is 0 Å². The van der Waals surface area contributed by atoms with Gasteiger partial charge in [0.05, 0.1) is 10.5 Å². The van der Waals surface area contributed by atoms with Crippen molar-refractivity contribution in [2.24, 2.45) is 5.92 Å². The molecule has 2 aromatic rings. The summed E-state index contributed by atoms with van der Waals surface area (Å²) in [5, 5.41) is 20.9. The lowest BCUT2D eigenvalue weighted by molar-refractivity contribution is -0.384. The molecule has 1 aromatic carbocycles. The van der Waals surface area contributed by atoms with Gasteiger partial charge in [-0.3, -0.25) is 14.9 Å². The molecule has 2 heterocycles. The Morgan fingerprint density at radius 2 is 2.26 bits per heavy atom. The van der Waals surface area contributed by atoms with E-state index in [1.54, 1.807) is 17.2 Å². The largest absolute Gasteiger partial charge is 0.396 e. The second kappa shape index (κ2) is 6.00. The molecule has 0 radical (unpaired) electrons. The van der Waals surface area contributed by atoms with Crippen LogP contribution in [0.15, 0.2) is 24.4 Å². The fourth-order valence-electron chi connectivity index (χ4n) is 3.17. The van der Waals surface area contributed by atoms with Gasteiger partial charge in [-0.2, -0.15) is 0 Å². The van der Waals surface area contributed by atoms with E-state index < -0.39 is 4.92 Å². The first kappa shape index (κ1) is 15.5. The maximum Gasteiger partial charge on any atom is 0.270 e. The summed E-state index contributed by atoms with van der Waals surface area (Å²) in [5.41, 5.74) is 1.10. The molecule has 2 N–H and O–H groups in total. The van der Waals surface area contributed by atoms with Gasteiger partial charge < -0.3 is 15.0 Å². The van der Waals surface area contributed by atoms with E-state index in [0.717, 1.165) is 12.8 Å². The molecule has 23 heavy (non-hydrogen) atoms. The number of amides is 1. The molecule has 122 valence electrons. The van der Waals surface area contributed by atoms with Crippen LogP contribution in [0.2, 0.25) is 0 Å². The van der Waals surface area contributed by atoms with Crippen molar-refractivity contribution in [1.29, 1.82) is 0 Å². The predicted molar refractivity (Wildman–Crippen MR) is 85.3 cm³/mol. The Hall–Kier alpha value is -2.41. The maximum atomic E-state index is 12.9. The number of rotatable bonds is 3. The molecule has 3 rings (SSSR count). The number of nitro benzene ring substituents is 1. The first-order valence-corrected chi connectivity index (χ1v) is 7.68. The summed E-state index contributed by atoms with van der Waals surface area (Å²) in [5.74, 6) is -0.0582. The van der Waals surface area contributed by atoms with E-state index in [9.17, 15) is 20.0 Å². The zero-order valence-electron chi connectivity index (χ0n) is 12.9. The number of H-pyrrole nitrogens is 1. The topological polar surface area (TPSA) is 99.5 Å². The zero-order valence-corrected chi connectivity index (χ0v) is 12.9. The Labute approximate surface area is 133 Å². The molecular weight excluding hydrogens is 298 g/mol. The Kier molecular flexibility index (Phi) is 4.04. The second-order valence-corrected chi connectivity index (χ2v) is 6.12. The summed E-state index contributed by atoms with van der Waals surface area (Å²) in [6, 6.07) is 4.55. The van der Waals surface area contributed by atoms with Crippen molar-refractivity contribution in [2.45, 2.75) is 25.8 Å². The van der Waals surface area contributed by atoms with Crippen LogP contribution in [0.25, 0.3) is 10.9 Å². The Morgan fingerprint density at radius 1 is 1.48 bits per heavy atom. The van der Waals surface area contributed by atoms with E-state index in [1.165, 1.54) is 12.1 Å². The van der Waals surface area contributed by atoms with Gasteiger partial charge in [-0.1, -0.05) is 0 Å². The molecule has 0 aliphatic carbocycles. The highest BCUT2D eigenvalue weighted by atomic mass is 16.6. The highest BCUT2D eigenvalue weighted by Crippen LogP contribution is 2.28. The van der Waals surface area contributed by atoms with Crippen LogP contribution < -0.4 is 0 Å². The summed E-state index contributed by atoms with van der Waals surface area (Å²) >= 11 is 0. The van der Waals surface area contributed by atoms with Gasteiger partial charge in [-0.05, 0) is 31.7 Å². The number of non-ortho nitro benzene ring substituents is 1. The molecule has 1 amide bonds. The molecule has 7 heteroatoms. The molecule has 0 spiro atoms. The van der Waals surface area contributed by atoms with Crippen LogP contribution in [0.5, 0.6) is 0 Å². The number of nitrogens with one attached hydrogen (secondary N) is 1. The van der Waals surface area contributed by atoms with Crippen LogP contribution in [-0.4, -0.2) is 45.0 Å². The summed E-state index contributed by atoms with van der Waals surface area (Å²) in [7, 11) is 0. The molecule has 0 saturated carbocycles. The molecule has 1 saturated heterocycles. The van der Waals surface area contributed by atoms with Gasteiger partial charge in [-0.15, -0.1) is 0 Å². The van der Waals surface area contributed by atoms with Gasteiger partial charge in [0.2, 0.25) is 0 Å². The summed E-state index contributed by atoms with van der Waals surface area (Å²) in [6.45, 7) is 2.57. The number of fused-ring (bicyclic) bond motifs is 1. The van der Waals surface area contributed by atoms with Crippen molar-refractivity contribution in [2.75, 3.05) is 13.2 Å². The number of hydrogen-bond donors (Lipinski definition) is 2. The molecule has 1 aromatic heterocycles. The van der Waals surface area contributed by atoms with Gasteiger partial charge in [0.15, 0.2) is 0 Å². The Morgan fingerprint density at radius 3 is 2.96 bits per heavy atom. The lowest BCUT2D eigenvalue weighted by Crippen LogP contribution is -2.46. The number of likely N-dealkylation sites (tertiary alicyclic amines) is 1. The molecule has 1 aliphatic heterocycles. The zero-order chi connectivity index (χ0) is 16.6. The normalized spacial score (nSPS) is 21.6. The maximum absolute atomic E-state index is 12.9. The van der Waals surface area contributed by atoms with Gasteiger partial charge in [0.1, 0.15) is 0 Å². The summed E-state index contributed by atoms with van der Waals surface area (Å²) in [4.78, 5) is 28.1. The molecule has 1 fully saturated rings. The minimum Gasteiger partial charge on any atom is -0.396 e. The number of aromatic amines is 1. The van der Waals surface area contributed by atoms with Crippen LogP contribution in [0.1, 0.15) is 30.1 Å². The average Bonchev–Trinajstić information content (AvgIpc) is 2.97. The number of carbonyl (C=O) groups excluding carboxylic acids is 1. The Balaban J connectivity index is 1.96. The van der Waals surface area contributed by atoms with Crippen molar-refractivity contribution in [3.8, 4) is 0 Å². The highest BCUT2D eigenvalue weighted by molar-refractivity contribution is 6.07. The number of benzene rings is 1. The van der Waals surface area contributed by atoms with Gasteiger partial charge in [-0.25, -0.2) is 0 Å². The van der Waals surface area contributed by atoms with Crippen molar-refractivity contribution < 1.29 is 14.8 Å². The molecule has 2 atom stereocenters. The van der Waals surface area contributed by atoms with E-state index in [4.69, 9.17) is 0 Å². The van der Waals surface area contributed by atoms with Crippen molar-refractivity contribution >= 4 is 22.5 Å². The van der Waals surface area contributed by atoms with E-state index in [1.807, 2.05) is 6.92 Å². The lowest BCUT2D eigenvalue weighted by atomic mass is 9.93. The van der Waals surface area contributed by atoms with Crippen LogP contribution in [0, 0.1) is 16.0 Å². The van der Waals surface area contributed by atoms with Crippen molar-refractivity contribution in [3.05, 3.63) is 40.1 Å². The number of piperidine rings is 1. The fraction of sp³-hybridized carbons (Fsp3) is 0.438. The predicted octanol–water partition coefficient (Wildman–Crippen LogP) is 2.31. The van der Waals surface area contributed by atoms with Crippen LogP contribution in [0.4, 0.5) is 5.69 Å². The minimum atomic E-state index is -0.466. The lowest BCUT2D eigenvalue weighted by Gasteiger charge is -2.37. The third kappa shape index (κ3) is 2.79. The SMILES string of the molecule is CC1CCC(CO)CN1C(=O)c1c[nH]c2ccc([N+](=O)[O-])cc12. The van der Waals surface area contributed by atoms with Gasteiger partial charge >= 0.3 is 0 Å². The highest BCUT2D eigenvalue weighted by Gasteiger charge is 2.30. The molecule has 2 unspecified atom stereocenters.